The quantitative estimate of drug-likeness (QED) is 0.197. The Morgan fingerprint density at radius 2 is 1.39 bits per heavy atom. The number of rotatable bonds is 19. The molecule has 0 aliphatic carbocycles. The molecule has 2 rings (SSSR count). The lowest BCUT2D eigenvalue weighted by molar-refractivity contribution is 0.0697. The highest BCUT2D eigenvalue weighted by Gasteiger charge is 2.13. The van der Waals surface area contributed by atoms with Crippen molar-refractivity contribution >= 4 is 12.0 Å². The predicted octanol–water partition coefficient (Wildman–Crippen LogP) is 10.2. The molecule has 0 atom stereocenters. The number of halogens is 1. The summed E-state index contributed by atoms with van der Waals surface area (Å²) in [7, 11) is 0. The van der Waals surface area contributed by atoms with Gasteiger partial charge in [-0.3, -0.25) is 0 Å². The molecule has 0 aliphatic rings. The van der Waals surface area contributed by atoms with Crippen LogP contribution in [0.1, 0.15) is 120 Å². The Kier molecular flexibility index (Phi) is 14.6. The Morgan fingerprint density at radius 3 is 2.00 bits per heavy atom. The third kappa shape index (κ3) is 11.4. The van der Waals surface area contributed by atoms with Crippen LogP contribution in [0.5, 0.6) is 5.75 Å². The van der Waals surface area contributed by atoms with Gasteiger partial charge < -0.3 is 9.84 Å². The van der Waals surface area contributed by atoms with Gasteiger partial charge in [0.25, 0.3) is 0 Å². The number of carboxylic acids is 1. The first-order chi connectivity index (χ1) is 17.5. The lowest BCUT2D eigenvalue weighted by atomic mass is 9.96. The first-order valence-corrected chi connectivity index (χ1v) is 14.0. The monoisotopic (exact) mass is 496 g/mol. The van der Waals surface area contributed by atoms with Crippen LogP contribution in [-0.4, -0.2) is 17.7 Å². The van der Waals surface area contributed by atoms with Crippen molar-refractivity contribution in [2.24, 2.45) is 0 Å². The van der Waals surface area contributed by atoms with Crippen LogP contribution in [0.15, 0.2) is 48.3 Å². The molecule has 4 heteroatoms. The molecule has 0 amide bonds. The number of benzene rings is 2. The zero-order valence-corrected chi connectivity index (χ0v) is 22.4. The van der Waals surface area contributed by atoms with Crippen LogP contribution in [0.3, 0.4) is 0 Å². The second kappa shape index (κ2) is 17.8. The summed E-state index contributed by atoms with van der Waals surface area (Å²) in [6.07, 6.45) is 17.4. The maximum Gasteiger partial charge on any atom is 0.336 e. The first kappa shape index (κ1) is 29.6. The van der Waals surface area contributed by atoms with E-state index in [0.29, 0.717) is 24.2 Å². The number of hydrogen-bond donors (Lipinski definition) is 1. The highest BCUT2D eigenvalue weighted by molar-refractivity contribution is 5.96. The van der Waals surface area contributed by atoms with Gasteiger partial charge in [-0.2, -0.15) is 0 Å². The van der Waals surface area contributed by atoms with Gasteiger partial charge in [0.2, 0.25) is 0 Å². The molecule has 1 N–H and O–H groups in total. The highest BCUT2D eigenvalue weighted by Crippen LogP contribution is 2.29. The van der Waals surface area contributed by atoms with Gasteiger partial charge in [-0.15, -0.1) is 0 Å². The van der Waals surface area contributed by atoms with Crippen molar-refractivity contribution in [1.82, 2.24) is 0 Å². The van der Waals surface area contributed by atoms with Crippen molar-refractivity contribution < 1.29 is 19.0 Å². The molecule has 2 aromatic rings. The largest absolute Gasteiger partial charge is 0.494 e. The minimum Gasteiger partial charge on any atom is -0.494 e. The van der Waals surface area contributed by atoms with Crippen LogP contribution in [0.4, 0.5) is 4.39 Å². The lowest BCUT2D eigenvalue weighted by Gasteiger charge is -2.10. The third-order valence-electron chi connectivity index (χ3n) is 6.55. The number of unbranched alkanes of at least 4 members (excludes halogenated alkanes) is 11. The molecule has 0 radical (unpaired) electrons. The smallest absolute Gasteiger partial charge is 0.336 e. The summed E-state index contributed by atoms with van der Waals surface area (Å²) in [6, 6.07) is 12.5. The van der Waals surface area contributed by atoms with Crippen LogP contribution in [0.25, 0.3) is 17.2 Å². The summed E-state index contributed by atoms with van der Waals surface area (Å²) >= 11 is 0. The Bertz CT molecular complexity index is 917. The lowest BCUT2D eigenvalue weighted by Crippen LogP contribution is -2.00. The normalized spacial score (nSPS) is 11.6. The van der Waals surface area contributed by atoms with Crippen LogP contribution < -0.4 is 4.74 Å². The third-order valence-corrected chi connectivity index (χ3v) is 6.55. The van der Waals surface area contributed by atoms with Crippen molar-refractivity contribution in [2.45, 2.75) is 104 Å². The van der Waals surface area contributed by atoms with Gasteiger partial charge in [0.05, 0.1) is 12.2 Å². The average molecular weight is 497 g/mol. The molecule has 0 saturated carbocycles. The molecule has 3 nitrogen and oxygen atoms in total. The van der Waals surface area contributed by atoms with E-state index in [9.17, 15) is 14.3 Å². The molecule has 0 unspecified atom stereocenters. The van der Waals surface area contributed by atoms with E-state index in [2.05, 4.69) is 13.8 Å². The van der Waals surface area contributed by atoms with Gasteiger partial charge >= 0.3 is 5.97 Å². The molecule has 0 heterocycles. The van der Waals surface area contributed by atoms with Gasteiger partial charge in [0.15, 0.2) is 0 Å². The van der Waals surface area contributed by atoms with Gasteiger partial charge in [0, 0.05) is 0 Å². The minimum atomic E-state index is -0.994. The van der Waals surface area contributed by atoms with Crippen molar-refractivity contribution in [2.75, 3.05) is 6.61 Å². The van der Waals surface area contributed by atoms with E-state index in [-0.39, 0.29) is 11.4 Å². The van der Waals surface area contributed by atoms with E-state index in [1.165, 1.54) is 63.9 Å². The van der Waals surface area contributed by atoms with Gasteiger partial charge in [-0.25, -0.2) is 9.18 Å². The molecule has 0 fully saturated rings. The molecule has 36 heavy (non-hydrogen) atoms. The van der Waals surface area contributed by atoms with Crippen LogP contribution in [0.2, 0.25) is 0 Å². The predicted molar refractivity (Wildman–Crippen MR) is 149 cm³/mol. The molecule has 0 spiro atoms. The molecule has 0 aromatic heterocycles. The van der Waals surface area contributed by atoms with Crippen molar-refractivity contribution in [1.29, 1.82) is 0 Å². The Labute approximate surface area is 217 Å². The second-order valence-electron chi connectivity index (χ2n) is 9.71. The molecule has 0 bridgehead atoms. The minimum absolute atomic E-state index is 0.162. The summed E-state index contributed by atoms with van der Waals surface area (Å²) in [6.45, 7) is 5.09. The Hall–Kier alpha value is -2.62. The molecular formula is C32H45FO3. The fourth-order valence-corrected chi connectivity index (χ4v) is 4.38. The average Bonchev–Trinajstić information content (AvgIpc) is 2.88. The van der Waals surface area contributed by atoms with Crippen molar-refractivity contribution in [3.05, 3.63) is 59.4 Å². The summed E-state index contributed by atoms with van der Waals surface area (Å²) in [4.78, 5) is 11.8. The molecule has 0 aliphatic heterocycles. The van der Waals surface area contributed by atoms with E-state index in [1.807, 2.05) is 24.3 Å². The summed E-state index contributed by atoms with van der Waals surface area (Å²) in [5, 5.41) is 9.67. The van der Waals surface area contributed by atoms with Gasteiger partial charge in [-0.1, -0.05) is 103 Å². The van der Waals surface area contributed by atoms with Crippen LogP contribution >= 0.6 is 0 Å². The highest BCUT2D eigenvalue weighted by atomic mass is 19.1. The molecule has 0 saturated heterocycles. The van der Waals surface area contributed by atoms with Crippen LogP contribution in [0, 0.1) is 0 Å². The van der Waals surface area contributed by atoms with E-state index in [4.69, 9.17) is 4.74 Å². The van der Waals surface area contributed by atoms with Gasteiger partial charge in [0.1, 0.15) is 11.6 Å². The zero-order chi connectivity index (χ0) is 26.0. The zero-order valence-electron chi connectivity index (χ0n) is 22.4. The maximum atomic E-state index is 14.4. The fraction of sp³-hybridized carbons (Fsp3) is 0.531. The number of ether oxygens (including phenoxy) is 1. The number of hydrogen-bond acceptors (Lipinski definition) is 2. The van der Waals surface area contributed by atoms with E-state index in [1.54, 1.807) is 18.2 Å². The second-order valence-corrected chi connectivity index (χ2v) is 9.71. The topological polar surface area (TPSA) is 46.5 Å². The summed E-state index contributed by atoms with van der Waals surface area (Å²) in [5.41, 5.74) is 2.25. The summed E-state index contributed by atoms with van der Waals surface area (Å²) < 4.78 is 20.3. The van der Waals surface area contributed by atoms with Crippen LogP contribution in [-0.2, 0) is 0 Å². The number of aromatic carboxylic acids is 1. The fourth-order valence-electron chi connectivity index (χ4n) is 4.38. The summed E-state index contributed by atoms with van der Waals surface area (Å²) in [5.74, 6) is -0.374. The van der Waals surface area contributed by atoms with E-state index in [0.717, 1.165) is 37.0 Å². The van der Waals surface area contributed by atoms with Crippen molar-refractivity contribution in [3.8, 4) is 16.9 Å². The Morgan fingerprint density at radius 1 is 0.806 bits per heavy atom. The molecule has 198 valence electrons. The molecular weight excluding hydrogens is 451 g/mol. The standard InChI is InChI=1S/C32H45FO3/c1-3-5-7-9-10-11-13-15-23-36-29-20-18-27(19-21-29)31-25-26(17-22-30(31)32(34)35)24-28(33)16-14-12-8-6-4-2/h17-22,24-25H,3-16,23H2,1-2H3,(H,34,35)/b28-24+. The SMILES string of the molecule is CCCCCCCCCCOc1ccc(-c2cc(/C=C(/F)CCCCCCC)ccc2C(=O)O)cc1. The first-order valence-electron chi connectivity index (χ1n) is 14.0. The number of carboxylic acid groups (broad SMARTS) is 1. The van der Waals surface area contributed by atoms with Crippen molar-refractivity contribution in [3.63, 3.8) is 0 Å². The van der Waals surface area contributed by atoms with E-state index >= 15 is 0 Å². The van der Waals surface area contributed by atoms with E-state index < -0.39 is 5.97 Å². The Balaban J connectivity index is 1.92. The number of allylic oxidation sites excluding steroid dienone is 1. The molecule has 2 aromatic carbocycles. The van der Waals surface area contributed by atoms with Gasteiger partial charge in [-0.05, 0) is 66.3 Å². The number of carbonyl (C=O) groups is 1. The maximum absolute atomic E-state index is 14.4.